The lowest BCUT2D eigenvalue weighted by molar-refractivity contribution is 0.0953. The Labute approximate surface area is 120 Å². The van der Waals surface area contributed by atoms with Crippen LogP contribution < -0.4 is 5.32 Å². The number of benzene rings is 1. The number of carbonyl (C=O) groups is 1. The van der Waals surface area contributed by atoms with E-state index in [0.29, 0.717) is 6.54 Å². The van der Waals surface area contributed by atoms with Gasteiger partial charge in [0.2, 0.25) is 0 Å². The number of pyridine rings is 1. The lowest BCUT2D eigenvalue weighted by Crippen LogP contribution is -2.26. The first-order valence-electron chi connectivity index (χ1n) is 5.69. The zero-order valence-corrected chi connectivity index (χ0v) is 11.9. The summed E-state index contributed by atoms with van der Waals surface area (Å²) in [6.07, 6.45) is 4.34. The molecule has 0 bridgehead atoms. The van der Waals surface area contributed by atoms with Gasteiger partial charge < -0.3 is 5.32 Å². The molecule has 0 saturated carbocycles. The number of rotatable bonds is 4. The molecule has 1 aromatic carbocycles. The molecule has 0 atom stereocenters. The first-order chi connectivity index (χ1) is 8.77. The maximum Gasteiger partial charge on any atom is 0.252 e. The maximum absolute atomic E-state index is 11.9. The van der Waals surface area contributed by atoms with E-state index in [0.717, 1.165) is 15.6 Å². The van der Waals surface area contributed by atoms with Crippen LogP contribution >= 0.6 is 22.6 Å². The standard InChI is InChI=1S/C14H13IN2O/c15-13-4-2-1-3-12(13)14(18)17-10-7-11-5-8-16-9-6-11/h1-6,8-9H,7,10H2,(H,17,18). The van der Waals surface area contributed by atoms with Gasteiger partial charge in [-0.2, -0.15) is 0 Å². The van der Waals surface area contributed by atoms with Crippen LogP contribution in [0.15, 0.2) is 48.8 Å². The SMILES string of the molecule is O=C(NCCc1ccncc1)c1ccccc1I. The second kappa shape index (κ2) is 6.49. The van der Waals surface area contributed by atoms with Crippen molar-refractivity contribution in [3.05, 3.63) is 63.5 Å². The summed E-state index contributed by atoms with van der Waals surface area (Å²) in [5.74, 6) is -0.0194. The van der Waals surface area contributed by atoms with Gasteiger partial charge >= 0.3 is 0 Å². The number of aromatic nitrogens is 1. The van der Waals surface area contributed by atoms with Gasteiger partial charge in [-0.05, 0) is 58.8 Å². The molecular weight excluding hydrogens is 339 g/mol. The first kappa shape index (κ1) is 13.0. The molecule has 1 aromatic heterocycles. The minimum absolute atomic E-state index is 0.0194. The molecule has 0 aliphatic rings. The average Bonchev–Trinajstić information content (AvgIpc) is 2.40. The monoisotopic (exact) mass is 352 g/mol. The molecule has 0 aliphatic heterocycles. The van der Waals surface area contributed by atoms with E-state index in [1.807, 2.05) is 36.4 Å². The third kappa shape index (κ3) is 3.53. The number of hydrogen-bond acceptors (Lipinski definition) is 2. The molecule has 0 aliphatic carbocycles. The summed E-state index contributed by atoms with van der Waals surface area (Å²) in [5.41, 5.74) is 1.90. The van der Waals surface area contributed by atoms with Crippen LogP contribution in [0.25, 0.3) is 0 Å². The van der Waals surface area contributed by atoms with E-state index >= 15 is 0 Å². The number of nitrogens with zero attached hydrogens (tertiary/aromatic N) is 1. The summed E-state index contributed by atoms with van der Waals surface area (Å²) >= 11 is 2.17. The van der Waals surface area contributed by atoms with E-state index in [4.69, 9.17) is 0 Å². The van der Waals surface area contributed by atoms with Gasteiger partial charge in [0.25, 0.3) is 5.91 Å². The minimum Gasteiger partial charge on any atom is -0.352 e. The Morgan fingerprint density at radius 1 is 1.17 bits per heavy atom. The van der Waals surface area contributed by atoms with E-state index in [1.54, 1.807) is 12.4 Å². The Kier molecular flexibility index (Phi) is 4.69. The fourth-order valence-corrected chi connectivity index (χ4v) is 2.24. The van der Waals surface area contributed by atoms with Crippen molar-refractivity contribution in [2.45, 2.75) is 6.42 Å². The lowest BCUT2D eigenvalue weighted by atomic mass is 10.2. The first-order valence-corrected chi connectivity index (χ1v) is 6.77. The van der Waals surface area contributed by atoms with Crippen LogP contribution in [0.1, 0.15) is 15.9 Å². The summed E-state index contributed by atoms with van der Waals surface area (Å²) in [7, 11) is 0. The van der Waals surface area contributed by atoms with E-state index in [9.17, 15) is 4.79 Å². The van der Waals surface area contributed by atoms with E-state index < -0.39 is 0 Å². The number of carbonyl (C=O) groups excluding carboxylic acids is 1. The molecule has 0 spiro atoms. The molecule has 4 heteroatoms. The average molecular weight is 352 g/mol. The fourth-order valence-electron chi connectivity index (χ4n) is 1.61. The summed E-state index contributed by atoms with van der Waals surface area (Å²) < 4.78 is 0.969. The highest BCUT2D eigenvalue weighted by Gasteiger charge is 2.07. The number of amides is 1. The predicted octanol–water partition coefficient (Wildman–Crippen LogP) is 2.66. The largest absolute Gasteiger partial charge is 0.352 e. The van der Waals surface area contributed by atoms with Crippen LogP contribution in [0.2, 0.25) is 0 Å². The number of hydrogen-bond donors (Lipinski definition) is 1. The molecule has 0 fully saturated rings. The molecule has 2 rings (SSSR count). The van der Waals surface area contributed by atoms with E-state index in [-0.39, 0.29) is 5.91 Å². The van der Waals surface area contributed by atoms with Crippen molar-refractivity contribution in [3.8, 4) is 0 Å². The number of halogens is 1. The normalized spacial score (nSPS) is 10.1. The Hall–Kier alpha value is -1.43. The van der Waals surface area contributed by atoms with Gasteiger partial charge in [0.1, 0.15) is 0 Å². The van der Waals surface area contributed by atoms with Crippen LogP contribution in [0.3, 0.4) is 0 Å². The van der Waals surface area contributed by atoms with Gasteiger partial charge in [-0.1, -0.05) is 12.1 Å². The smallest absolute Gasteiger partial charge is 0.252 e. The van der Waals surface area contributed by atoms with Crippen molar-refractivity contribution in [2.75, 3.05) is 6.54 Å². The molecule has 92 valence electrons. The molecule has 0 radical (unpaired) electrons. The van der Waals surface area contributed by atoms with Crippen molar-refractivity contribution in [1.29, 1.82) is 0 Å². The molecule has 18 heavy (non-hydrogen) atoms. The lowest BCUT2D eigenvalue weighted by Gasteiger charge is -2.06. The highest BCUT2D eigenvalue weighted by atomic mass is 127. The van der Waals surface area contributed by atoms with Gasteiger partial charge in [-0.3, -0.25) is 9.78 Å². The molecule has 1 amide bonds. The van der Waals surface area contributed by atoms with Gasteiger partial charge in [0, 0.05) is 22.5 Å². The summed E-state index contributed by atoms with van der Waals surface area (Å²) in [5, 5.41) is 2.92. The third-order valence-corrected chi connectivity index (χ3v) is 3.51. The Morgan fingerprint density at radius 3 is 2.61 bits per heavy atom. The van der Waals surface area contributed by atoms with Crippen molar-refractivity contribution in [1.82, 2.24) is 10.3 Å². The van der Waals surface area contributed by atoms with Crippen LogP contribution in [0.5, 0.6) is 0 Å². The van der Waals surface area contributed by atoms with Crippen molar-refractivity contribution in [2.24, 2.45) is 0 Å². The van der Waals surface area contributed by atoms with E-state index in [2.05, 4.69) is 32.9 Å². The highest BCUT2D eigenvalue weighted by molar-refractivity contribution is 14.1. The summed E-state index contributed by atoms with van der Waals surface area (Å²) in [4.78, 5) is 15.9. The van der Waals surface area contributed by atoms with Crippen LogP contribution in [-0.2, 0) is 6.42 Å². The number of nitrogens with one attached hydrogen (secondary N) is 1. The molecule has 3 nitrogen and oxygen atoms in total. The van der Waals surface area contributed by atoms with Crippen LogP contribution in [-0.4, -0.2) is 17.4 Å². The second-order valence-electron chi connectivity index (χ2n) is 3.84. The Morgan fingerprint density at radius 2 is 1.89 bits per heavy atom. The van der Waals surface area contributed by atoms with Gasteiger partial charge in [-0.25, -0.2) is 0 Å². The molecular formula is C14H13IN2O. The molecule has 0 unspecified atom stereocenters. The van der Waals surface area contributed by atoms with Crippen LogP contribution in [0.4, 0.5) is 0 Å². The molecule has 2 aromatic rings. The minimum atomic E-state index is -0.0194. The van der Waals surface area contributed by atoms with Crippen molar-refractivity contribution >= 4 is 28.5 Å². The van der Waals surface area contributed by atoms with Gasteiger partial charge in [0.15, 0.2) is 0 Å². The highest BCUT2D eigenvalue weighted by Crippen LogP contribution is 2.10. The van der Waals surface area contributed by atoms with Crippen molar-refractivity contribution in [3.63, 3.8) is 0 Å². The molecule has 1 N–H and O–H groups in total. The topological polar surface area (TPSA) is 42.0 Å². The zero-order chi connectivity index (χ0) is 12.8. The predicted molar refractivity (Wildman–Crippen MR) is 79.4 cm³/mol. The maximum atomic E-state index is 11.9. The molecule has 1 heterocycles. The summed E-state index contributed by atoms with van der Waals surface area (Å²) in [6, 6.07) is 11.5. The zero-order valence-electron chi connectivity index (χ0n) is 9.77. The van der Waals surface area contributed by atoms with Crippen LogP contribution in [0, 0.1) is 3.57 Å². The summed E-state index contributed by atoms with van der Waals surface area (Å²) in [6.45, 7) is 0.633. The van der Waals surface area contributed by atoms with Gasteiger partial charge in [-0.15, -0.1) is 0 Å². The van der Waals surface area contributed by atoms with Crippen molar-refractivity contribution < 1.29 is 4.79 Å². The Bertz CT molecular complexity index is 528. The Balaban J connectivity index is 1.88. The van der Waals surface area contributed by atoms with E-state index in [1.165, 1.54) is 5.56 Å². The van der Waals surface area contributed by atoms with Gasteiger partial charge in [0.05, 0.1) is 5.56 Å². The second-order valence-corrected chi connectivity index (χ2v) is 5.00. The third-order valence-electron chi connectivity index (χ3n) is 2.57. The molecule has 0 saturated heterocycles. The quantitative estimate of drug-likeness (QED) is 0.860. The fraction of sp³-hybridized carbons (Fsp3) is 0.143.